The first-order valence-corrected chi connectivity index (χ1v) is 27.0. The second-order valence-corrected chi connectivity index (χ2v) is 21.2. The van der Waals surface area contributed by atoms with Gasteiger partial charge in [0.25, 0.3) is 0 Å². The molecule has 20 heteroatoms. The highest BCUT2D eigenvalue weighted by Gasteiger charge is 2.51. The van der Waals surface area contributed by atoms with Crippen LogP contribution in [0.25, 0.3) is 0 Å². The Morgan fingerprint density at radius 3 is 1.87 bits per heavy atom. The van der Waals surface area contributed by atoms with E-state index in [1.165, 1.54) is 13.0 Å². The molecule has 2 bridgehead atoms. The lowest BCUT2D eigenvalue weighted by Gasteiger charge is -2.45. The van der Waals surface area contributed by atoms with Crippen molar-refractivity contribution in [3.05, 3.63) is 115 Å². The lowest BCUT2D eigenvalue weighted by atomic mass is 9.82. The number of nitrogen functional groups attached to an aromatic ring is 1. The minimum Gasteiger partial charge on any atom is -0.481 e. The Balaban J connectivity index is 1.52. The minimum absolute atomic E-state index is 0.101. The maximum absolute atomic E-state index is 13.3. The quantitative estimate of drug-likeness (QED) is 0.0909. The monoisotopic (exact) mass is 1100 g/mol. The number of ketones is 1. The van der Waals surface area contributed by atoms with Crippen LogP contribution in [0.3, 0.4) is 0 Å². The first-order valence-electron chi connectivity index (χ1n) is 27.0. The average Bonchev–Trinajstić information content (AvgIpc) is 3.37. The predicted molar refractivity (Wildman–Crippen MR) is 290 cm³/mol. The number of carboxylic acid groups (broad SMARTS) is 1. The molecule has 78 heavy (non-hydrogen) atoms. The van der Waals surface area contributed by atoms with Gasteiger partial charge >= 0.3 is 11.9 Å². The van der Waals surface area contributed by atoms with E-state index in [0.29, 0.717) is 17.7 Å². The minimum atomic E-state index is -2.29. The van der Waals surface area contributed by atoms with Crippen LogP contribution in [0.1, 0.15) is 115 Å². The number of aliphatic hydroxyl groups is 10. The second kappa shape index (κ2) is 33.1. The zero-order chi connectivity index (χ0) is 57.5. The Hall–Kier alpha value is -4.75. The second-order valence-electron chi connectivity index (χ2n) is 21.2. The standard InChI is InChI=1S/C58H86N2O18/c1-35-17-14-12-10-8-6-4-5-7-9-11-13-15-20-46(76-57-54(71)52(60)53(70)37(3)75-57)32-49-51(56(72)73)48(68)34-58(74,78-49)33-45(66)29-43(64)27-40(61)18-16-19-41(62)28-44(65)31-50(69)77-55(35)36(2)21-26-42(63)30-47(67)38-22-24-39(59)25-23-38/h4-15,17,20,22-25,35-37,40-46,48-49,51-55,57,61-66,68,70-71,74H,16,18-19,21,26-34,59-60H2,1-3H3,(H,72,73)/b5-4+,8-6+,9-7+,12-10+,13-11+,17-14+,20-15+/t35-,36+,37-,40-,41-,42+,43-,44+,45-,46+,48+,49+,51-,52-,53+,54+,55+,57+,58+/m1/s1. The number of carbonyl (C=O) groups excluding carboxylic acids is 2. The highest BCUT2D eigenvalue weighted by molar-refractivity contribution is 5.96. The van der Waals surface area contributed by atoms with Gasteiger partial charge < -0.3 is 86.6 Å². The molecule has 3 heterocycles. The van der Waals surface area contributed by atoms with Gasteiger partial charge in [0.15, 0.2) is 17.9 Å². The number of esters is 1. The number of ether oxygens (including phenoxy) is 4. The van der Waals surface area contributed by atoms with Gasteiger partial charge in [0, 0.05) is 42.9 Å². The summed E-state index contributed by atoms with van der Waals surface area (Å²) in [6, 6.07) is 5.30. The average molecular weight is 1100 g/mol. The van der Waals surface area contributed by atoms with E-state index in [2.05, 4.69) is 0 Å². The number of aliphatic carboxylic acids is 1. The maximum atomic E-state index is 13.3. The lowest BCUT2D eigenvalue weighted by molar-refractivity contribution is -0.308. The summed E-state index contributed by atoms with van der Waals surface area (Å²) in [5.41, 5.74) is 12.7. The number of hydrogen-bond donors (Lipinski definition) is 13. The number of carboxylic acids is 1. The number of Topliss-reactive ketones (excluding diaryl/α,β-unsaturated/α-hetero) is 1. The van der Waals surface area contributed by atoms with Gasteiger partial charge in [-0.15, -0.1) is 0 Å². The van der Waals surface area contributed by atoms with Gasteiger partial charge in [-0.25, -0.2) is 0 Å². The molecule has 1 aromatic carbocycles. The number of carbonyl (C=O) groups is 3. The molecule has 436 valence electrons. The van der Waals surface area contributed by atoms with Crippen LogP contribution < -0.4 is 11.5 Å². The molecule has 0 amide bonds. The largest absolute Gasteiger partial charge is 0.481 e. The Labute approximate surface area is 457 Å². The smallest absolute Gasteiger partial charge is 0.311 e. The number of allylic oxidation sites excluding steroid dienone is 12. The van der Waals surface area contributed by atoms with Crippen LogP contribution in [0.5, 0.6) is 0 Å². The van der Waals surface area contributed by atoms with Gasteiger partial charge in [-0.2, -0.15) is 0 Å². The van der Waals surface area contributed by atoms with E-state index < -0.39 is 135 Å². The fourth-order valence-electron chi connectivity index (χ4n) is 9.95. The van der Waals surface area contributed by atoms with Crippen LogP contribution in [0.4, 0.5) is 5.69 Å². The molecule has 15 N–H and O–H groups in total. The Morgan fingerprint density at radius 1 is 0.731 bits per heavy atom. The van der Waals surface area contributed by atoms with Crippen molar-refractivity contribution in [3.63, 3.8) is 0 Å². The predicted octanol–water partition coefficient (Wildman–Crippen LogP) is 3.11. The van der Waals surface area contributed by atoms with E-state index in [0.717, 1.165) is 0 Å². The number of nitrogens with two attached hydrogens (primary N) is 2. The molecule has 3 aliphatic heterocycles. The summed E-state index contributed by atoms with van der Waals surface area (Å²) in [7, 11) is 0. The maximum Gasteiger partial charge on any atom is 0.311 e. The molecule has 0 aromatic heterocycles. The third kappa shape index (κ3) is 22.8. The zero-order valence-electron chi connectivity index (χ0n) is 44.9. The van der Waals surface area contributed by atoms with Crippen LogP contribution in [0.2, 0.25) is 0 Å². The molecule has 0 spiro atoms. The number of hydrogen-bond acceptors (Lipinski definition) is 19. The fraction of sp³-hybridized carbons (Fsp3) is 0.603. The third-order valence-electron chi connectivity index (χ3n) is 14.3. The first kappa shape index (κ1) is 65.8. The van der Waals surface area contributed by atoms with E-state index in [-0.39, 0.29) is 75.4 Å². The van der Waals surface area contributed by atoms with Crippen LogP contribution in [0.15, 0.2) is 109 Å². The molecular formula is C58H86N2O18. The Kier molecular flexibility index (Phi) is 27.9. The van der Waals surface area contributed by atoms with Crippen LogP contribution in [0, 0.1) is 17.8 Å². The SMILES string of the molecule is C[C@@H]1/C=C/C=C/C=C/C=C/C=C/C=C/C=C/[C@H](O[C@@H]2O[C@H](C)[C@H](O)[C@@H](N)[C@@H]2O)C[C@@H]2O[C@@](O)(C[C@H](O)C[C@H](O)C[C@H](O)CCC[C@@H](O)C[C@H](O)CC(=O)O[C@@H]1[C@@H](C)CC[C@H](O)CC(=O)c1ccc(N)cc1)C[C@H](O)[C@H]2C(=O)O. The Bertz CT molecular complexity index is 2200. The fourth-order valence-corrected chi connectivity index (χ4v) is 9.95. The number of anilines is 1. The molecular weight excluding hydrogens is 1010 g/mol. The van der Waals surface area contributed by atoms with Crippen molar-refractivity contribution < 1.29 is 89.5 Å². The van der Waals surface area contributed by atoms with Gasteiger partial charge in [-0.1, -0.05) is 98.9 Å². The van der Waals surface area contributed by atoms with Crippen molar-refractivity contribution in [1.29, 1.82) is 0 Å². The van der Waals surface area contributed by atoms with Crippen LogP contribution >= 0.6 is 0 Å². The molecule has 0 aliphatic carbocycles. The molecule has 19 atom stereocenters. The summed E-state index contributed by atoms with van der Waals surface area (Å²) < 4.78 is 23.8. The summed E-state index contributed by atoms with van der Waals surface area (Å²) >= 11 is 0. The van der Waals surface area contributed by atoms with Crippen molar-refractivity contribution in [2.45, 2.75) is 202 Å². The summed E-state index contributed by atoms with van der Waals surface area (Å²) in [6.07, 6.45) is 5.92. The van der Waals surface area contributed by atoms with E-state index in [9.17, 15) is 70.6 Å². The molecule has 0 saturated carbocycles. The Morgan fingerprint density at radius 2 is 1.28 bits per heavy atom. The number of rotatable bonds is 10. The van der Waals surface area contributed by atoms with Crippen molar-refractivity contribution >= 4 is 23.4 Å². The van der Waals surface area contributed by atoms with Crippen LogP contribution in [-0.2, 0) is 28.5 Å². The number of fused-ring (bicyclic) bond motifs is 2. The third-order valence-corrected chi connectivity index (χ3v) is 14.3. The van der Waals surface area contributed by atoms with E-state index in [1.54, 1.807) is 97.2 Å². The normalized spacial score (nSPS) is 38.7. The molecule has 1 aromatic rings. The van der Waals surface area contributed by atoms with Gasteiger partial charge in [-0.05, 0) is 88.5 Å². The first-order chi connectivity index (χ1) is 36.9. The van der Waals surface area contributed by atoms with Gasteiger partial charge in [-0.3, -0.25) is 14.4 Å². The van der Waals surface area contributed by atoms with Crippen molar-refractivity contribution in [1.82, 2.24) is 0 Å². The number of aliphatic hydroxyl groups excluding tert-OH is 9. The van der Waals surface area contributed by atoms with Gasteiger partial charge in [0.05, 0.1) is 79.6 Å². The van der Waals surface area contributed by atoms with Gasteiger partial charge in [0.2, 0.25) is 0 Å². The topological polar surface area (TPSA) is 363 Å². The highest BCUT2D eigenvalue weighted by Crippen LogP contribution is 2.38. The molecule has 2 fully saturated rings. The van der Waals surface area contributed by atoms with Crippen molar-refractivity contribution in [2.24, 2.45) is 23.5 Å². The van der Waals surface area contributed by atoms with Crippen molar-refractivity contribution in [2.75, 3.05) is 5.73 Å². The molecule has 2 saturated heterocycles. The van der Waals surface area contributed by atoms with Crippen molar-refractivity contribution in [3.8, 4) is 0 Å². The highest BCUT2D eigenvalue weighted by atomic mass is 16.7. The van der Waals surface area contributed by atoms with E-state index in [1.807, 2.05) is 19.9 Å². The molecule has 4 rings (SSSR count). The summed E-state index contributed by atoms with van der Waals surface area (Å²) in [5.74, 6) is -6.83. The summed E-state index contributed by atoms with van der Waals surface area (Å²) in [5, 5.41) is 119. The molecule has 0 unspecified atom stereocenters. The van der Waals surface area contributed by atoms with E-state index >= 15 is 0 Å². The van der Waals surface area contributed by atoms with Gasteiger partial charge in [0.1, 0.15) is 18.1 Å². The summed E-state index contributed by atoms with van der Waals surface area (Å²) in [6.45, 7) is 5.29. The summed E-state index contributed by atoms with van der Waals surface area (Å²) in [4.78, 5) is 38.6. The molecule has 0 radical (unpaired) electrons. The lowest BCUT2D eigenvalue weighted by Crippen LogP contribution is -2.61. The number of cyclic esters (lactones) is 1. The number of benzene rings is 1. The zero-order valence-corrected chi connectivity index (χ0v) is 44.9. The molecule has 3 aliphatic rings. The van der Waals surface area contributed by atoms with E-state index in [4.69, 9.17) is 30.4 Å². The van der Waals surface area contributed by atoms with Crippen LogP contribution in [-0.4, -0.2) is 171 Å². The molecule has 20 nitrogen and oxygen atoms in total.